The summed E-state index contributed by atoms with van der Waals surface area (Å²) in [6.45, 7) is 1.87. The van der Waals surface area contributed by atoms with Gasteiger partial charge < -0.3 is 5.32 Å². The second kappa shape index (κ2) is 7.95. The van der Waals surface area contributed by atoms with Crippen LogP contribution in [0.1, 0.15) is 15.9 Å². The van der Waals surface area contributed by atoms with Crippen LogP contribution in [0.15, 0.2) is 59.9 Å². The molecule has 1 amide bonds. The highest BCUT2D eigenvalue weighted by atomic mass is 35.5. The molecule has 0 aliphatic rings. The number of aryl methyl sites for hydroxylation is 1. The molecule has 2 heterocycles. The molecule has 7 nitrogen and oxygen atoms in total. The Labute approximate surface area is 167 Å². The van der Waals surface area contributed by atoms with Gasteiger partial charge >= 0.3 is 0 Å². The number of nitrogens with one attached hydrogen (secondary N) is 2. The molecule has 3 aromatic rings. The highest BCUT2D eigenvalue weighted by Crippen LogP contribution is 2.28. The summed E-state index contributed by atoms with van der Waals surface area (Å²) in [5.41, 5.74) is 2.61. The van der Waals surface area contributed by atoms with Gasteiger partial charge in [0.05, 0.1) is 16.1 Å². The lowest BCUT2D eigenvalue weighted by atomic mass is 10.1. The second-order valence-corrected chi connectivity index (χ2v) is 8.06. The van der Waals surface area contributed by atoms with Gasteiger partial charge in [0.1, 0.15) is 0 Å². The quantitative estimate of drug-likeness (QED) is 0.621. The van der Waals surface area contributed by atoms with E-state index in [4.69, 9.17) is 11.6 Å². The fraction of sp³-hybridized carbons (Fsp3) is 0.105. The summed E-state index contributed by atoms with van der Waals surface area (Å²) >= 11 is 6.09. The summed E-state index contributed by atoms with van der Waals surface area (Å²) in [5, 5.41) is 2.54. The van der Waals surface area contributed by atoms with Crippen LogP contribution in [0.3, 0.4) is 0 Å². The van der Waals surface area contributed by atoms with E-state index in [0.717, 1.165) is 5.56 Å². The van der Waals surface area contributed by atoms with Crippen LogP contribution < -0.4 is 10.0 Å². The molecule has 0 radical (unpaired) electrons. The van der Waals surface area contributed by atoms with Crippen LogP contribution in [0.25, 0.3) is 11.1 Å². The number of rotatable bonds is 5. The minimum absolute atomic E-state index is 0.00912. The normalized spacial score (nSPS) is 11.1. The SMILES string of the molecule is CNC(=O)c1cncc(-c2cnc(Cl)c(NS(=O)(=O)c3ccc(C)cc3)c2)c1. The summed E-state index contributed by atoms with van der Waals surface area (Å²) < 4.78 is 27.7. The molecule has 2 aromatic heterocycles. The third-order valence-electron chi connectivity index (χ3n) is 3.98. The van der Waals surface area contributed by atoms with E-state index < -0.39 is 10.0 Å². The lowest BCUT2D eigenvalue weighted by Gasteiger charge is -2.11. The minimum atomic E-state index is -3.83. The van der Waals surface area contributed by atoms with Crippen molar-refractivity contribution in [2.45, 2.75) is 11.8 Å². The van der Waals surface area contributed by atoms with Crippen LogP contribution in [0.4, 0.5) is 5.69 Å². The molecule has 3 rings (SSSR count). The first-order valence-electron chi connectivity index (χ1n) is 8.22. The molecule has 0 fully saturated rings. The highest BCUT2D eigenvalue weighted by molar-refractivity contribution is 7.92. The number of benzene rings is 1. The topological polar surface area (TPSA) is 101 Å². The standard InChI is InChI=1S/C19H17ClN4O3S/c1-12-3-5-16(6-4-12)28(26,27)24-17-8-14(11-23-18(17)20)13-7-15(10-22-9-13)19(25)21-2/h3-11,24H,1-2H3,(H,21,25). The maximum absolute atomic E-state index is 12.6. The maximum Gasteiger partial charge on any atom is 0.261 e. The number of anilines is 1. The van der Waals surface area contributed by atoms with Crippen molar-refractivity contribution in [2.75, 3.05) is 11.8 Å². The van der Waals surface area contributed by atoms with Gasteiger partial charge in [0.2, 0.25) is 0 Å². The highest BCUT2D eigenvalue weighted by Gasteiger charge is 2.17. The molecule has 0 unspecified atom stereocenters. The van der Waals surface area contributed by atoms with Gasteiger partial charge in [-0.3, -0.25) is 14.5 Å². The zero-order valence-electron chi connectivity index (χ0n) is 15.1. The number of halogens is 1. The summed E-state index contributed by atoms with van der Waals surface area (Å²) in [7, 11) is -2.31. The summed E-state index contributed by atoms with van der Waals surface area (Å²) in [4.78, 5) is 20.0. The number of pyridine rings is 2. The van der Waals surface area contributed by atoms with Gasteiger partial charge in [-0.25, -0.2) is 13.4 Å². The minimum Gasteiger partial charge on any atom is -0.355 e. The molecular formula is C19H17ClN4O3S. The number of hydrogen-bond acceptors (Lipinski definition) is 5. The maximum atomic E-state index is 12.6. The smallest absolute Gasteiger partial charge is 0.261 e. The number of aromatic nitrogens is 2. The molecule has 0 bridgehead atoms. The molecule has 0 aliphatic carbocycles. The average molecular weight is 417 g/mol. The number of nitrogens with zero attached hydrogens (tertiary/aromatic N) is 2. The largest absolute Gasteiger partial charge is 0.355 e. The number of sulfonamides is 1. The summed E-state index contributed by atoms with van der Waals surface area (Å²) in [6, 6.07) is 9.63. The van der Waals surface area contributed by atoms with Gasteiger partial charge in [-0.15, -0.1) is 0 Å². The van der Waals surface area contributed by atoms with Crippen LogP contribution in [-0.2, 0) is 10.0 Å². The lowest BCUT2D eigenvalue weighted by Crippen LogP contribution is -2.17. The number of hydrogen-bond donors (Lipinski definition) is 2. The third kappa shape index (κ3) is 4.29. The Balaban J connectivity index is 1.96. The zero-order valence-corrected chi connectivity index (χ0v) is 16.7. The van der Waals surface area contributed by atoms with Gasteiger partial charge in [0, 0.05) is 36.8 Å². The van der Waals surface area contributed by atoms with Gasteiger partial charge in [-0.2, -0.15) is 0 Å². The van der Waals surface area contributed by atoms with E-state index in [1.807, 2.05) is 6.92 Å². The first-order valence-corrected chi connectivity index (χ1v) is 10.1. The Kier molecular flexibility index (Phi) is 5.62. The van der Waals surface area contributed by atoms with Crippen LogP contribution in [0.5, 0.6) is 0 Å². The second-order valence-electron chi connectivity index (χ2n) is 6.02. The number of amides is 1. The number of carbonyl (C=O) groups excluding carboxylic acids is 1. The molecule has 0 aliphatic heterocycles. The molecule has 0 spiro atoms. The van der Waals surface area contributed by atoms with E-state index in [0.29, 0.717) is 16.7 Å². The van der Waals surface area contributed by atoms with Crippen molar-refractivity contribution < 1.29 is 13.2 Å². The van der Waals surface area contributed by atoms with Crippen molar-refractivity contribution in [1.82, 2.24) is 15.3 Å². The van der Waals surface area contributed by atoms with Crippen molar-refractivity contribution in [1.29, 1.82) is 0 Å². The third-order valence-corrected chi connectivity index (χ3v) is 5.66. The van der Waals surface area contributed by atoms with E-state index >= 15 is 0 Å². The van der Waals surface area contributed by atoms with E-state index in [-0.39, 0.29) is 21.6 Å². The molecule has 2 N–H and O–H groups in total. The molecule has 0 saturated heterocycles. The Hall–Kier alpha value is -2.97. The molecular weight excluding hydrogens is 400 g/mol. The van der Waals surface area contributed by atoms with Crippen LogP contribution in [0.2, 0.25) is 5.15 Å². The fourth-order valence-electron chi connectivity index (χ4n) is 2.46. The Morgan fingerprint density at radius 2 is 1.71 bits per heavy atom. The number of carbonyl (C=O) groups is 1. The van der Waals surface area contributed by atoms with E-state index in [1.165, 1.54) is 31.6 Å². The first-order chi connectivity index (χ1) is 13.3. The van der Waals surface area contributed by atoms with Crippen LogP contribution >= 0.6 is 11.6 Å². The predicted octanol–water partition coefficient (Wildman–Crippen LogP) is 3.27. The van der Waals surface area contributed by atoms with Gasteiger partial charge in [-0.05, 0) is 31.2 Å². The average Bonchev–Trinajstić information content (AvgIpc) is 2.69. The monoisotopic (exact) mass is 416 g/mol. The zero-order chi connectivity index (χ0) is 20.3. The predicted molar refractivity (Wildman–Crippen MR) is 108 cm³/mol. The molecule has 9 heteroatoms. The Bertz CT molecular complexity index is 1130. The Morgan fingerprint density at radius 3 is 2.39 bits per heavy atom. The van der Waals surface area contributed by atoms with E-state index in [9.17, 15) is 13.2 Å². The lowest BCUT2D eigenvalue weighted by molar-refractivity contribution is 0.0962. The van der Waals surface area contributed by atoms with Crippen molar-refractivity contribution >= 4 is 33.2 Å². The van der Waals surface area contributed by atoms with Gasteiger partial charge in [-0.1, -0.05) is 29.3 Å². The van der Waals surface area contributed by atoms with Crippen molar-refractivity contribution in [3.63, 3.8) is 0 Å². The van der Waals surface area contributed by atoms with Crippen LogP contribution in [-0.4, -0.2) is 31.3 Å². The van der Waals surface area contributed by atoms with Crippen LogP contribution in [0, 0.1) is 6.92 Å². The van der Waals surface area contributed by atoms with Crippen molar-refractivity contribution in [3.05, 3.63) is 71.3 Å². The van der Waals surface area contributed by atoms with Crippen molar-refractivity contribution in [2.24, 2.45) is 0 Å². The molecule has 144 valence electrons. The first kappa shape index (κ1) is 19.8. The van der Waals surface area contributed by atoms with Gasteiger partial charge in [0.25, 0.3) is 15.9 Å². The van der Waals surface area contributed by atoms with Crippen molar-refractivity contribution in [3.8, 4) is 11.1 Å². The molecule has 1 aromatic carbocycles. The molecule has 0 saturated carbocycles. The summed E-state index contributed by atoms with van der Waals surface area (Å²) in [5.74, 6) is -0.281. The Morgan fingerprint density at radius 1 is 1.04 bits per heavy atom. The van der Waals surface area contributed by atoms with Gasteiger partial charge in [0.15, 0.2) is 5.15 Å². The summed E-state index contributed by atoms with van der Waals surface area (Å²) in [6.07, 6.45) is 4.47. The molecule has 0 atom stereocenters. The fourth-order valence-corrected chi connectivity index (χ4v) is 3.73. The van der Waals surface area contributed by atoms with E-state index in [2.05, 4.69) is 20.0 Å². The molecule has 28 heavy (non-hydrogen) atoms. The van der Waals surface area contributed by atoms with E-state index in [1.54, 1.807) is 30.5 Å².